The van der Waals surface area contributed by atoms with Crippen molar-refractivity contribution in [3.8, 4) is 5.75 Å². The van der Waals surface area contributed by atoms with Gasteiger partial charge in [-0.1, -0.05) is 18.2 Å². The van der Waals surface area contributed by atoms with Crippen molar-refractivity contribution in [3.63, 3.8) is 0 Å². The van der Waals surface area contributed by atoms with Gasteiger partial charge < -0.3 is 19.1 Å². The van der Waals surface area contributed by atoms with Crippen LogP contribution in [0.15, 0.2) is 52.2 Å². The molecule has 6 atom stereocenters. The molecule has 1 aliphatic heterocycles. The van der Waals surface area contributed by atoms with Crippen LogP contribution in [0.25, 0.3) is 0 Å². The van der Waals surface area contributed by atoms with E-state index in [2.05, 4.69) is 5.09 Å². The molecule has 0 amide bonds. The third kappa shape index (κ3) is 6.74. The van der Waals surface area contributed by atoms with Crippen LogP contribution in [0.4, 0.5) is 4.39 Å². The molecule has 1 saturated carbocycles. The van der Waals surface area contributed by atoms with Crippen molar-refractivity contribution in [2.45, 2.75) is 56.8 Å². The van der Waals surface area contributed by atoms with Gasteiger partial charge >= 0.3 is 19.4 Å². The molecule has 0 spiro atoms. The summed E-state index contributed by atoms with van der Waals surface area (Å²) in [7, 11) is -4.57. The molecule has 1 saturated heterocycles. The highest BCUT2D eigenvalue weighted by Gasteiger charge is 2.52. The van der Waals surface area contributed by atoms with Crippen molar-refractivity contribution >= 4 is 13.7 Å². The number of esters is 1. The Morgan fingerprint density at radius 2 is 2.03 bits per heavy atom. The molecular formula is C23H29FN3O9P. The summed E-state index contributed by atoms with van der Waals surface area (Å²) in [6.45, 7) is 2.17. The number of rotatable bonds is 11. The number of hydrogen-bond acceptors (Lipinski definition) is 9. The molecule has 2 unspecified atom stereocenters. The number of para-hydroxylation sites is 1. The van der Waals surface area contributed by atoms with Crippen LogP contribution < -0.4 is 20.9 Å². The number of ether oxygens (including phenoxy) is 2. The summed E-state index contributed by atoms with van der Waals surface area (Å²) in [5.74, 6) is -0.321. The second-order valence-electron chi connectivity index (χ2n) is 9.34. The second-order valence-corrected chi connectivity index (χ2v) is 11.0. The smallest absolute Gasteiger partial charge is 0.461 e. The first-order valence-electron chi connectivity index (χ1n) is 11.7. The number of H-pyrrole nitrogens is 1. The molecule has 12 nitrogen and oxygen atoms in total. The number of carbonyl (C=O) groups is 1. The SMILES string of the molecule is C[C@H](NP(=O)(Oc1ccccc1)OC([C@@H]1OC[C@@](C)(F)[C@@H]1O)n1ccc(=O)[nH]c1=O)C(=O)OCC1CC1. The standard InChI is InChI=1S/C23H29FN3O9P/c1-14(21(30)33-12-15-8-9-15)26-37(32,35-16-6-4-3-5-7-16)36-20(18-19(29)23(2,24)13-34-18)27-11-10-17(28)25-22(27)31/h3-7,10-11,14-15,18-20,29H,8-9,12-13H2,1-2H3,(H,26,32)(H,25,28,31)/t14-,18+,19+,20?,23+,37?/m0/s1. The van der Waals surface area contributed by atoms with E-state index in [0.717, 1.165) is 36.6 Å². The first-order valence-corrected chi connectivity index (χ1v) is 13.3. The Labute approximate surface area is 211 Å². The molecule has 2 aliphatic rings. The maximum Gasteiger partial charge on any atom is 0.461 e. The van der Waals surface area contributed by atoms with Crippen LogP contribution in [0.5, 0.6) is 5.75 Å². The average molecular weight is 541 g/mol. The van der Waals surface area contributed by atoms with Gasteiger partial charge in [0, 0.05) is 12.3 Å². The molecule has 14 heteroatoms. The molecule has 2 heterocycles. The summed E-state index contributed by atoms with van der Waals surface area (Å²) in [5, 5.41) is 13.1. The fraction of sp³-hybridized carbons (Fsp3) is 0.522. The van der Waals surface area contributed by atoms with E-state index in [-0.39, 0.29) is 12.4 Å². The minimum atomic E-state index is -4.57. The summed E-state index contributed by atoms with van der Waals surface area (Å²) < 4.78 is 51.7. The molecule has 0 radical (unpaired) electrons. The molecular weight excluding hydrogens is 512 g/mol. The lowest BCUT2D eigenvalue weighted by atomic mass is 10.00. The van der Waals surface area contributed by atoms with Crippen molar-refractivity contribution in [3.05, 3.63) is 63.4 Å². The Hall–Kier alpha value is -2.83. The number of aromatic amines is 1. The monoisotopic (exact) mass is 541 g/mol. The quantitative estimate of drug-likeness (QED) is 0.282. The maximum atomic E-state index is 14.8. The highest BCUT2D eigenvalue weighted by Crippen LogP contribution is 2.50. The molecule has 1 aromatic carbocycles. The van der Waals surface area contributed by atoms with Gasteiger partial charge in [0.1, 0.15) is 24.0 Å². The lowest BCUT2D eigenvalue weighted by Crippen LogP contribution is -2.46. The fourth-order valence-electron chi connectivity index (χ4n) is 3.65. The van der Waals surface area contributed by atoms with Gasteiger partial charge in [0.05, 0.1) is 13.2 Å². The van der Waals surface area contributed by atoms with Crippen molar-refractivity contribution in [1.29, 1.82) is 0 Å². The largest absolute Gasteiger partial charge is 0.464 e. The number of aromatic nitrogens is 2. The minimum absolute atomic E-state index is 0.0904. The second kappa shape index (κ2) is 10.9. The van der Waals surface area contributed by atoms with Gasteiger partial charge in [-0.3, -0.25) is 23.7 Å². The van der Waals surface area contributed by atoms with Crippen LogP contribution in [-0.2, 0) is 23.4 Å². The van der Waals surface area contributed by atoms with Gasteiger partial charge in [0.25, 0.3) is 5.56 Å². The summed E-state index contributed by atoms with van der Waals surface area (Å²) in [6.07, 6.45) is -2.14. The van der Waals surface area contributed by atoms with Crippen LogP contribution in [0, 0.1) is 5.92 Å². The number of nitrogens with one attached hydrogen (secondary N) is 2. The average Bonchev–Trinajstić information content (AvgIpc) is 3.62. The van der Waals surface area contributed by atoms with E-state index in [4.69, 9.17) is 18.5 Å². The van der Waals surface area contributed by atoms with Gasteiger partial charge in [-0.15, -0.1) is 0 Å². The van der Waals surface area contributed by atoms with Gasteiger partial charge in [0.2, 0.25) is 0 Å². The number of hydrogen-bond donors (Lipinski definition) is 3. The number of carbonyl (C=O) groups excluding carboxylic acids is 1. The fourth-order valence-corrected chi connectivity index (χ4v) is 5.29. The number of halogens is 1. The zero-order valence-corrected chi connectivity index (χ0v) is 21.1. The van der Waals surface area contributed by atoms with Crippen LogP contribution in [0.3, 0.4) is 0 Å². The molecule has 2 fully saturated rings. The molecule has 3 N–H and O–H groups in total. The van der Waals surface area contributed by atoms with Crippen LogP contribution in [0.2, 0.25) is 0 Å². The molecule has 0 bridgehead atoms. The van der Waals surface area contributed by atoms with Gasteiger partial charge in [0.15, 0.2) is 11.9 Å². The van der Waals surface area contributed by atoms with Crippen LogP contribution in [-0.4, -0.2) is 57.8 Å². The molecule has 1 aromatic heterocycles. The molecule has 37 heavy (non-hydrogen) atoms. The lowest BCUT2D eigenvalue weighted by Gasteiger charge is -2.31. The van der Waals surface area contributed by atoms with E-state index < -0.39 is 61.7 Å². The number of benzene rings is 1. The van der Waals surface area contributed by atoms with E-state index in [1.165, 1.54) is 19.1 Å². The Morgan fingerprint density at radius 3 is 2.62 bits per heavy atom. The molecule has 1 aliphatic carbocycles. The van der Waals surface area contributed by atoms with Crippen molar-refractivity contribution in [2.24, 2.45) is 5.92 Å². The third-order valence-electron chi connectivity index (χ3n) is 5.97. The number of aliphatic hydroxyl groups is 1. The summed E-state index contributed by atoms with van der Waals surface area (Å²) >= 11 is 0. The van der Waals surface area contributed by atoms with E-state index in [1.807, 2.05) is 4.98 Å². The molecule has 202 valence electrons. The molecule has 4 rings (SSSR count). The Balaban J connectivity index is 1.67. The van der Waals surface area contributed by atoms with E-state index in [1.54, 1.807) is 18.2 Å². The summed E-state index contributed by atoms with van der Waals surface area (Å²) in [5.41, 5.74) is -3.93. The van der Waals surface area contributed by atoms with Crippen LogP contribution in [0.1, 0.15) is 32.9 Å². The third-order valence-corrected chi connectivity index (χ3v) is 7.62. The first kappa shape index (κ1) is 27.2. The molecule has 2 aromatic rings. The predicted molar refractivity (Wildman–Crippen MR) is 128 cm³/mol. The van der Waals surface area contributed by atoms with Crippen molar-refractivity contribution in [1.82, 2.24) is 14.6 Å². The van der Waals surface area contributed by atoms with Gasteiger partial charge in [-0.05, 0) is 44.7 Å². The normalized spacial score (nSPS) is 26.7. The van der Waals surface area contributed by atoms with Crippen LogP contribution >= 0.6 is 7.75 Å². The number of alkyl halides is 1. The Morgan fingerprint density at radius 1 is 1.32 bits per heavy atom. The summed E-state index contributed by atoms with van der Waals surface area (Å²) in [4.78, 5) is 38.8. The highest BCUT2D eigenvalue weighted by molar-refractivity contribution is 7.52. The number of aliphatic hydroxyl groups excluding tert-OH is 1. The number of nitrogens with zero attached hydrogens (tertiary/aromatic N) is 1. The van der Waals surface area contributed by atoms with E-state index in [9.17, 15) is 28.4 Å². The van der Waals surface area contributed by atoms with Gasteiger partial charge in [-0.25, -0.2) is 13.8 Å². The van der Waals surface area contributed by atoms with E-state index >= 15 is 0 Å². The van der Waals surface area contributed by atoms with Crippen molar-refractivity contribution in [2.75, 3.05) is 13.2 Å². The zero-order chi connectivity index (χ0) is 26.8. The van der Waals surface area contributed by atoms with Crippen molar-refractivity contribution < 1.29 is 37.4 Å². The highest BCUT2D eigenvalue weighted by atomic mass is 31.2. The topological polar surface area (TPSA) is 158 Å². The van der Waals surface area contributed by atoms with Gasteiger partial charge in [-0.2, -0.15) is 5.09 Å². The van der Waals surface area contributed by atoms with E-state index in [0.29, 0.717) is 5.92 Å². The maximum absolute atomic E-state index is 14.8. The first-order chi connectivity index (χ1) is 17.5. The Bertz CT molecular complexity index is 1260. The zero-order valence-electron chi connectivity index (χ0n) is 20.2. The summed E-state index contributed by atoms with van der Waals surface area (Å²) in [6, 6.07) is 7.68. The lowest BCUT2D eigenvalue weighted by molar-refractivity contribution is -0.146. The minimum Gasteiger partial charge on any atom is -0.464 e. The predicted octanol–water partition coefficient (Wildman–Crippen LogP) is 1.66. The Kier molecular flexibility index (Phi) is 8.00.